The largest absolute Gasteiger partial charge is 0.388 e. The van der Waals surface area contributed by atoms with Gasteiger partial charge in [-0.1, -0.05) is 45.7 Å². The first kappa shape index (κ1) is 10.7. The van der Waals surface area contributed by atoms with Crippen LogP contribution in [0.4, 0.5) is 0 Å². The van der Waals surface area contributed by atoms with Crippen molar-refractivity contribution in [2.75, 3.05) is 0 Å². The average molecular weight is 320 g/mol. The fourth-order valence-electron chi connectivity index (χ4n) is 2.27. The predicted molar refractivity (Wildman–Crippen MR) is 64.4 cm³/mol. The van der Waals surface area contributed by atoms with Crippen LogP contribution in [0.15, 0.2) is 21.1 Å². The minimum atomic E-state index is -0.341. The molecule has 0 aromatic heterocycles. The fraction of sp³-hybridized carbons (Fsp3) is 0.455. The number of benzene rings is 1. The highest BCUT2D eigenvalue weighted by Gasteiger charge is 2.38. The first-order chi connectivity index (χ1) is 6.43. The molecule has 2 rings (SSSR count). The van der Waals surface area contributed by atoms with Crippen LogP contribution in [-0.4, -0.2) is 5.11 Å². The predicted octanol–water partition coefficient (Wildman–Crippen LogP) is 3.93. The van der Waals surface area contributed by atoms with Crippen LogP contribution < -0.4 is 0 Å². The monoisotopic (exact) mass is 318 g/mol. The van der Waals surface area contributed by atoms with Gasteiger partial charge in [-0.05, 0) is 35.1 Å². The Morgan fingerprint density at radius 1 is 1.29 bits per heavy atom. The Bertz CT molecular complexity index is 385. The SMILES string of the molecule is CC1(C)C[C@H](O)c2c(Br)ccc(Br)c21. The van der Waals surface area contributed by atoms with E-state index in [1.165, 1.54) is 5.56 Å². The molecule has 0 spiro atoms. The molecule has 1 aromatic rings. The third-order valence-electron chi connectivity index (χ3n) is 2.86. The van der Waals surface area contributed by atoms with E-state index in [4.69, 9.17) is 0 Å². The van der Waals surface area contributed by atoms with Gasteiger partial charge in [-0.3, -0.25) is 0 Å². The van der Waals surface area contributed by atoms with Crippen LogP contribution in [0.5, 0.6) is 0 Å². The van der Waals surface area contributed by atoms with E-state index in [2.05, 4.69) is 45.7 Å². The number of aliphatic hydroxyl groups is 1. The molecule has 0 saturated heterocycles. The number of aliphatic hydroxyl groups excluding tert-OH is 1. The summed E-state index contributed by atoms with van der Waals surface area (Å²) in [6.07, 6.45) is 0.454. The van der Waals surface area contributed by atoms with Crippen LogP contribution in [0.25, 0.3) is 0 Å². The molecule has 0 aliphatic heterocycles. The summed E-state index contributed by atoms with van der Waals surface area (Å²) in [5.41, 5.74) is 2.33. The molecule has 0 bridgehead atoms. The molecule has 76 valence electrons. The van der Waals surface area contributed by atoms with Crippen LogP contribution in [-0.2, 0) is 5.41 Å². The number of halogens is 2. The van der Waals surface area contributed by atoms with Crippen molar-refractivity contribution in [1.29, 1.82) is 0 Å². The normalized spacial score (nSPS) is 23.6. The molecular formula is C11H12Br2O. The van der Waals surface area contributed by atoms with E-state index in [0.717, 1.165) is 20.9 Å². The van der Waals surface area contributed by atoms with Crippen LogP contribution in [0.2, 0.25) is 0 Å². The van der Waals surface area contributed by atoms with Gasteiger partial charge in [0, 0.05) is 8.95 Å². The summed E-state index contributed by atoms with van der Waals surface area (Å²) in [6, 6.07) is 4.01. The van der Waals surface area contributed by atoms with Gasteiger partial charge in [0.15, 0.2) is 0 Å². The van der Waals surface area contributed by atoms with E-state index in [1.54, 1.807) is 0 Å². The molecule has 0 fully saturated rings. The summed E-state index contributed by atoms with van der Waals surface area (Å²) >= 11 is 7.05. The smallest absolute Gasteiger partial charge is 0.0812 e. The van der Waals surface area contributed by atoms with E-state index < -0.39 is 0 Å². The first-order valence-electron chi connectivity index (χ1n) is 4.60. The van der Waals surface area contributed by atoms with Crippen molar-refractivity contribution in [3.05, 3.63) is 32.2 Å². The lowest BCUT2D eigenvalue weighted by atomic mass is 9.87. The van der Waals surface area contributed by atoms with E-state index >= 15 is 0 Å². The second-order valence-electron chi connectivity index (χ2n) is 4.42. The summed E-state index contributed by atoms with van der Waals surface area (Å²) in [7, 11) is 0. The molecule has 1 aliphatic carbocycles. The van der Waals surface area contributed by atoms with Gasteiger partial charge in [-0.25, -0.2) is 0 Å². The Kier molecular flexibility index (Phi) is 2.53. The Morgan fingerprint density at radius 2 is 1.86 bits per heavy atom. The molecule has 14 heavy (non-hydrogen) atoms. The van der Waals surface area contributed by atoms with Gasteiger partial charge < -0.3 is 5.11 Å². The molecule has 0 unspecified atom stereocenters. The molecule has 1 N–H and O–H groups in total. The summed E-state index contributed by atoms with van der Waals surface area (Å²) in [5.74, 6) is 0. The van der Waals surface area contributed by atoms with Crippen molar-refractivity contribution in [3.63, 3.8) is 0 Å². The summed E-state index contributed by atoms with van der Waals surface area (Å²) < 4.78 is 2.10. The molecule has 0 saturated carbocycles. The van der Waals surface area contributed by atoms with Gasteiger partial charge in [0.1, 0.15) is 0 Å². The van der Waals surface area contributed by atoms with Crippen LogP contribution in [0.3, 0.4) is 0 Å². The molecule has 1 aliphatic rings. The molecule has 0 amide bonds. The number of fused-ring (bicyclic) bond motifs is 1. The maximum atomic E-state index is 9.97. The van der Waals surface area contributed by atoms with Crippen LogP contribution in [0.1, 0.15) is 37.5 Å². The van der Waals surface area contributed by atoms with Gasteiger partial charge in [-0.2, -0.15) is 0 Å². The average Bonchev–Trinajstić information content (AvgIpc) is 2.30. The third kappa shape index (κ3) is 1.46. The number of hydrogen-bond donors (Lipinski definition) is 1. The maximum absolute atomic E-state index is 9.97. The molecule has 0 heterocycles. The Balaban J connectivity index is 2.73. The maximum Gasteiger partial charge on any atom is 0.0812 e. The third-order valence-corrected chi connectivity index (χ3v) is 4.21. The first-order valence-corrected chi connectivity index (χ1v) is 6.18. The van der Waals surface area contributed by atoms with Crippen molar-refractivity contribution in [2.45, 2.75) is 31.8 Å². The molecule has 1 aromatic carbocycles. The van der Waals surface area contributed by atoms with Crippen LogP contribution in [0, 0.1) is 0 Å². The van der Waals surface area contributed by atoms with E-state index in [-0.39, 0.29) is 11.5 Å². The van der Waals surface area contributed by atoms with Gasteiger partial charge in [-0.15, -0.1) is 0 Å². The van der Waals surface area contributed by atoms with E-state index in [9.17, 15) is 5.11 Å². The highest BCUT2D eigenvalue weighted by Crippen LogP contribution is 2.50. The number of hydrogen-bond acceptors (Lipinski definition) is 1. The topological polar surface area (TPSA) is 20.2 Å². The zero-order chi connectivity index (χ0) is 10.5. The second kappa shape index (κ2) is 3.32. The van der Waals surface area contributed by atoms with Gasteiger partial charge >= 0.3 is 0 Å². The highest BCUT2D eigenvalue weighted by molar-refractivity contribution is 9.11. The summed E-state index contributed by atoms with van der Waals surface area (Å²) in [4.78, 5) is 0. The quantitative estimate of drug-likeness (QED) is 0.768. The minimum Gasteiger partial charge on any atom is -0.388 e. The Hall–Kier alpha value is 0.140. The molecule has 1 nitrogen and oxygen atoms in total. The molecular weight excluding hydrogens is 308 g/mol. The van der Waals surface area contributed by atoms with E-state index in [1.807, 2.05) is 12.1 Å². The van der Waals surface area contributed by atoms with Gasteiger partial charge in [0.05, 0.1) is 6.10 Å². The van der Waals surface area contributed by atoms with Gasteiger partial charge in [0.2, 0.25) is 0 Å². The standard InChI is InChI=1S/C11H12Br2O/c1-11(2)5-8(14)9-6(12)3-4-7(13)10(9)11/h3-4,8,14H,5H2,1-2H3/t8-/m0/s1. The van der Waals surface area contributed by atoms with Crippen molar-refractivity contribution in [3.8, 4) is 0 Å². The van der Waals surface area contributed by atoms with Gasteiger partial charge in [0.25, 0.3) is 0 Å². The van der Waals surface area contributed by atoms with Crippen LogP contribution >= 0.6 is 31.9 Å². The number of rotatable bonds is 0. The van der Waals surface area contributed by atoms with Crippen molar-refractivity contribution in [1.82, 2.24) is 0 Å². The Labute approximate surface area is 101 Å². The molecule has 0 radical (unpaired) electrons. The lowest BCUT2D eigenvalue weighted by Gasteiger charge is -2.20. The molecule has 1 atom stereocenters. The van der Waals surface area contributed by atoms with Crippen molar-refractivity contribution >= 4 is 31.9 Å². The fourth-order valence-corrected chi connectivity index (χ4v) is 3.75. The van der Waals surface area contributed by atoms with E-state index in [0.29, 0.717) is 0 Å². The van der Waals surface area contributed by atoms with Crippen molar-refractivity contribution in [2.24, 2.45) is 0 Å². The zero-order valence-corrected chi connectivity index (χ0v) is 11.3. The second-order valence-corrected chi connectivity index (χ2v) is 6.13. The molecule has 3 heteroatoms. The Morgan fingerprint density at radius 3 is 2.43 bits per heavy atom. The van der Waals surface area contributed by atoms with Crippen molar-refractivity contribution < 1.29 is 5.11 Å². The minimum absolute atomic E-state index is 0.0529. The summed E-state index contributed by atoms with van der Waals surface area (Å²) in [5, 5.41) is 9.97. The lowest BCUT2D eigenvalue weighted by Crippen LogP contribution is -2.13. The highest BCUT2D eigenvalue weighted by atomic mass is 79.9. The zero-order valence-electron chi connectivity index (χ0n) is 8.14. The summed E-state index contributed by atoms with van der Waals surface area (Å²) in [6.45, 7) is 4.33. The lowest BCUT2D eigenvalue weighted by molar-refractivity contribution is 0.161.